The molecule has 0 radical (unpaired) electrons. The summed E-state index contributed by atoms with van der Waals surface area (Å²) in [7, 11) is 0. The van der Waals surface area contributed by atoms with Crippen molar-refractivity contribution in [3.05, 3.63) is 35.3 Å². The maximum absolute atomic E-state index is 13.4. The Balaban J connectivity index is 2.19. The highest BCUT2D eigenvalue weighted by Gasteiger charge is 2.24. The Labute approximate surface area is 139 Å². The molecule has 0 saturated heterocycles. The third kappa shape index (κ3) is 3.84. The van der Waals surface area contributed by atoms with Gasteiger partial charge in [-0.05, 0) is 38.5 Å². The molecule has 2 atom stereocenters. The zero-order valence-corrected chi connectivity index (χ0v) is 14.0. The Morgan fingerprint density at radius 2 is 2.04 bits per heavy atom. The van der Waals surface area contributed by atoms with E-state index in [0.717, 1.165) is 12.0 Å². The molecule has 6 nitrogen and oxygen atoms in total. The fraction of sp³-hybridized carbons (Fsp3) is 0.412. The summed E-state index contributed by atoms with van der Waals surface area (Å²) in [6.45, 7) is 5.49. The summed E-state index contributed by atoms with van der Waals surface area (Å²) in [5.74, 6) is -0.129. The zero-order valence-electron chi connectivity index (χ0n) is 14.0. The second-order valence-corrected chi connectivity index (χ2v) is 5.81. The SMILES string of the molecule is CCC[C@@H](NC(N)=O)C(=O)N[C@H](C)c1oc2ccc(F)cc2c1C. The van der Waals surface area contributed by atoms with E-state index in [1.807, 2.05) is 13.8 Å². The largest absolute Gasteiger partial charge is 0.459 e. The monoisotopic (exact) mass is 335 g/mol. The van der Waals surface area contributed by atoms with E-state index in [4.69, 9.17) is 10.2 Å². The number of primary amides is 1. The van der Waals surface area contributed by atoms with Gasteiger partial charge in [0, 0.05) is 10.9 Å². The number of furan rings is 1. The number of nitrogens with two attached hydrogens (primary N) is 1. The highest BCUT2D eigenvalue weighted by molar-refractivity contribution is 5.87. The number of benzene rings is 1. The normalized spacial score (nSPS) is 13.5. The molecule has 130 valence electrons. The van der Waals surface area contributed by atoms with Crippen LogP contribution in [0.15, 0.2) is 22.6 Å². The molecule has 3 amide bonds. The molecule has 24 heavy (non-hydrogen) atoms. The zero-order chi connectivity index (χ0) is 17.9. The first-order valence-corrected chi connectivity index (χ1v) is 7.88. The standard InChI is InChI=1S/C17H22FN3O3/c1-4-5-13(21-17(19)23)16(22)20-10(3)15-9(2)12-8-11(18)6-7-14(12)24-15/h6-8,10,13H,4-5H2,1-3H3,(H,20,22)(H3,19,21,23)/t10-,13-/m1/s1. The van der Waals surface area contributed by atoms with Crippen LogP contribution in [-0.2, 0) is 4.79 Å². The van der Waals surface area contributed by atoms with Gasteiger partial charge >= 0.3 is 6.03 Å². The van der Waals surface area contributed by atoms with Crippen LogP contribution >= 0.6 is 0 Å². The van der Waals surface area contributed by atoms with Crippen LogP contribution in [0.3, 0.4) is 0 Å². The topological polar surface area (TPSA) is 97.4 Å². The number of fused-ring (bicyclic) bond motifs is 1. The van der Waals surface area contributed by atoms with E-state index in [-0.39, 0.29) is 11.7 Å². The summed E-state index contributed by atoms with van der Waals surface area (Å²) < 4.78 is 19.1. The number of amides is 3. The number of urea groups is 1. The van der Waals surface area contributed by atoms with Crippen molar-refractivity contribution in [2.45, 2.75) is 45.7 Å². The molecule has 0 bridgehead atoms. The summed E-state index contributed by atoms with van der Waals surface area (Å²) in [5, 5.41) is 5.91. The maximum Gasteiger partial charge on any atom is 0.312 e. The molecule has 7 heteroatoms. The molecule has 0 spiro atoms. The lowest BCUT2D eigenvalue weighted by Crippen LogP contribution is -2.49. The van der Waals surface area contributed by atoms with E-state index in [1.54, 1.807) is 13.0 Å². The van der Waals surface area contributed by atoms with Gasteiger partial charge in [-0.2, -0.15) is 0 Å². The number of hydrogen-bond donors (Lipinski definition) is 3. The van der Waals surface area contributed by atoms with Gasteiger partial charge in [-0.1, -0.05) is 13.3 Å². The molecule has 1 aromatic carbocycles. The number of rotatable bonds is 6. The van der Waals surface area contributed by atoms with E-state index < -0.39 is 18.1 Å². The van der Waals surface area contributed by atoms with Gasteiger partial charge in [0.25, 0.3) is 0 Å². The second kappa shape index (κ2) is 7.33. The number of carbonyl (C=O) groups excluding carboxylic acids is 2. The van der Waals surface area contributed by atoms with Crippen LogP contribution in [0.1, 0.15) is 44.1 Å². The summed E-state index contributed by atoms with van der Waals surface area (Å²) in [6, 6.07) is 2.42. The maximum atomic E-state index is 13.4. The van der Waals surface area contributed by atoms with Gasteiger partial charge in [-0.25, -0.2) is 9.18 Å². The lowest BCUT2D eigenvalue weighted by atomic mass is 10.1. The number of carbonyl (C=O) groups is 2. The van der Waals surface area contributed by atoms with Crippen LogP contribution < -0.4 is 16.4 Å². The molecule has 2 rings (SSSR count). The van der Waals surface area contributed by atoms with Crippen molar-refractivity contribution in [2.24, 2.45) is 5.73 Å². The van der Waals surface area contributed by atoms with Crippen molar-refractivity contribution in [1.29, 1.82) is 0 Å². The Kier molecular flexibility index (Phi) is 5.43. The number of halogens is 1. The molecular weight excluding hydrogens is 313 g/mol. The number of hydrogen-bond acceptors (Lipinski definition) is 3. The van der Waals surface area contributed by atoms with E-state index in [0.29, 0.717) is 23.2 Å². The first kappa shape index (κ1) is 17.8. The highest BCUT2D eigenvalue weighted by Crippen LogP contribution is 2.29. The molecule has 1 aromatic heterocycles. The van der Waals surface area contributed by atoms with Gasteiger partial charge in [-0.3, -0.25) is 4.79 Å². The van der Waals surface area contributed by atoms with E-state index in [1.165, 1.54) is 12.1 Å². The van der Waals surface area contributed by atoms with Gasteiger partial charge in [0.15, 0.2) is 0 Å². The van der Waals surface area contributed by atoms with E-state index in [9.17, 15) is 14.0 Å². The number of aryl methyl sites for hydroxylation is 1. The Hall–Kier alpha value is -2.57. The minimum Gasteiger partial charge on any atom is -0.459 e. The van der Waals surface area contributed by atoms with Crippen LogP contribution in [0.4, 0.5) is 9.18 Å². The molecule has 0 saturated carbocycles. The van der Waals surface area contributed by atoms with Crippen molar-refractivity contribution in [1.82, 2.24) is 10.6 Å². The molecule has 0 fully saturated rings. The Morgan fingerprint density at radius 1 is 1.33 bits per heavy atom. The second-order valence-electron chi connectivity index (χ2n) is 5.81. The van der Waals surface area contributed by atoms with Crippen molar-refractivity contribution in [3.8, 4) is 0 Å². The van der Waals surface area contributed by atoms with Crippen molar-refractivity contribution in [3.63, 3.8) is 0 Å². The molecule has 4 N–H and O–H groups in total. The Morgan fingerprint density at radius 3 is 2.67 bits per heavy atom. The van der Waals surface area contributed by atoms with Crippen molar-refractivity contribution in [2.75, 3.05) is 0 Å². The predicted molar refractivity (Wildman–Crippen MR) is 88.9 cm³/mol. The third-order valence-electron chi connectivity index (χ3n) is 3.90. The van der Waals surface area contributed by atoms with Gasteiger partial charge in [0.2, 0.25) is 5.91 Å². The van der Waals surface area contributed by atoms with E-state index in [2.05, 4.69) is 10.6 Å². The van der Waals surface area contributed by atoms with Gasteiger partial charge in [-0.15, -0.1) is 0 Å². The fourth-order valence-electron chi connectivity index (χ4n) is 2.73. The molecule has 1 heterocycles. The molecule has 0 aliphatic carbocycles. The number of nitrogens with one attached hydrogen (secondary N) is 2. The van der Waals surface area contributed by atoms with Crippen LogP contribution in [0.25, 0.3) is 11.0 Å². The van der Waals surface area contributed by atoms with Crippen molar-refractivity contribution < 1.29 is 18.4 Å². The van der Waals surface area contributed by atoms with Crippen molar-refractivity contribution >= 4 is 22.9 Å². The summed E-state index contributed by atoms with van der Waals surface area (Å²) in [5.41, 5.74) is 6.44. The first-order valence-electron chi connectivity index (χ1n) is 7.88. The third-order valence-corrected chi connectivity index (χ3v) is 3.90. The lowest BCUT2D eigenvalue weighted by molar-refractivity contribution is -0.123. The quantitative estimate of drug-likeness (QED) is 0.757. The summed E-state index contributed by atoms with van der Waals surface area (Å²) in [4.78, 5) is 23.4. The van der Waals surface area contributed by atoms with Gasteiger partial charge in [0.05, 0.1) is 6.04 Å². The van der Waals surface area contributed by atoms with Crippen LogP contribution in [0.5, 0.6) is 0 Å². The first-order chi connectivity index (χ1) is 11.3. The lowest BCUT2D eigenvalue weighted by Gasteiger charge is -2.19. The molecule has 0 unspecified atom stereocenters. The minimum atomic E-state index is -0.744. The smallest absolute Gasteiger partial charge is 0.312 e. The summed E-state index contributed by atoms with van der Waals surface area (Å²) in [6.07, 6.45) is 1.20. The molecule has 0 aliphatic heterocycles. The Bertz CT molecular complexity index is 757. The van der Waals surface area contributed by atoms with Crippen LogP contribution in [-0.4, -0.2) is 18.0 Å². The fourth-order valence-corrected chi connectivity index (χ4v) is 2.73. The predicted octanol–water partition coefficient (Wildman–Crippen LogP) is 2.89. The average molecular weight is 335 g/mol. The van der Waals surface area contributed by atoms with Crippen LogP contribution in [0.2, 0.25) is 0 Å². The van der Waals surface area contributed by atoms with Gasteiger partial charge in [0.1, 0.15) is 23.2 Å². The molecular formula is C17H22FN3O3. The molecule has 2 aromatic rings. The summed E-state index contributed by atoms with van der Waals surface area (Å²) >= 11 is 0. The van der Waals surface area contributed by atoms with E-state index >= 15 is 0 Å². The highest BCUT2D eigenvalue weighted by atomic mass is 19.1. The average Bonchev–Trinajstić information content (AvgIpc) is 2.83. The van der Waals surface area contributed by atoms with Gasteiger partial charge < -0.3 is 20.8 Å². The minimum absolute atomic E-state index is 0.339. The molecule has 0 aliphatic rings. The van der Waals surface area contributed by atoms with Crippen LogP contribution in [0, 0.1) is 12.7 Å².